The van der Waals surface area contributed by atoms with Crippen molar-refractivity contribution in [2.75, 3.05) is 6.54 Å². The minimum absolute atomic E-state index is 0.327. The molecule has 0 fully saturated rings. The summed E-state index contributed by atoms with van der Waals surface area (Å²) in [7, 11) is 0. The predicted octanol–water partition coefficient (Wildman–Crippen LogP) is 2.16. The maximum atomic E-state index is 9.64. The molecule has 2 nitrogen and oxygen atoms in total. The van der Waals surface area contributed by atoms with Crippen LogP contribution in [0.15, 0.2) is 6.07 Å². The van der Waals surface area contributed by atoms with Crippen LogP contribution in [0, 0.1) is 13.8 Å². The summed E-state index contributed by atoms with van der Waals surface area (Å²) in [5.41, 5.74) is 8.05. The number of aryl methyl sites for hydroxylation is 1. The molecule has 0 atom stereocenters. The van der Waals surface area contributed by atoms with Crippen molar-refractivity contribution in [3.05, 3.63) is 27.8 Å². The molecule has 1 aromatic rings. The van der Waals surface area contributed by atoms with E-state index in [1.54, 1.807) is 6.07 Å². The SMILES string of the molecule is Cc1cc(Cl)c(CCN)c(C)c1O. The summed E-state index contributed by atoms with van der Waals surface area (Å²) < 4.78 is 0. The third kappa shape index (κ3) is 1.95. The molecule has 0 saturated carbocycles. The number of rotatable bonds is 2. The smallest absolute Gasteiger partial charge is 0.121 e. The minimum Gasteiger partial charge on any atom is -0.507 e. The Labute approximate surface area is 83.3 Å². The van der Waals surface area contributed by atoms with Gasteiger partial charge in [-0.2, -0.15) is 0 Å². The fourth-order valence-electron chi connectivity index (χ4n) is 1.41. The molecule has 0 saturated heterocycles. The van der Waals surface area contributed by atoms with Crippen LogP contribution in [0.2, 0.25) is 5.02 Å². The van der Waals surface area contributed by atoms with Gasteiger partial charge in [-0.1, -0.05) is 11.6 Å². The molecule has 0 heterocycles. The van der Waals surface area contributed by atoms with Crippen molar-refractivity contribution in [1.29, 1.82) is 0 Å². The highest BCUT2D eigenvalue weighted by Gasteiger charge is 2.09. The molecule has 13 heavy (non-hydrogen) atoms. The number of hydrogen-bond acceptors (Lipinski definition) is 2. The second-order valence-corrected chi connectivity index (χ2v) is 3.57. The van der Waals surface area contributed by atoms with E-state index in [4.69, 9.17) is 17.3 Å². The Morgan fingerprint density at radius 3 is 2.62 bits per heavy atom. The van der Waals surface area contributed by atoms with E-state index in [1.165, 1.54) is 0 Å². The second kappa shape index (κ2) is 3.99. The minimum atomic E-state index is 0.327. The van der Waals surface area contributed by atoms with Crippen LogP contribution in [0.5, 0.6) is 5.75 Å². The molecule has 3 N–H and O–H groups in total. The molecule has 0 aliphatic carbocycles. The van der Waals surface area contributed by atoms with E-state index in [0.29, 0.717) is 23.7 Å². The van der Waals surface area contributed by atoms with Gasteiger partial charge in [0.05, 0.1) is 0 Å². The van der Waals surface area contributed by atoms with Gasteiger partial charge >= 0.3 is 0 Å². The largest absolute Gasteiger partial charge is 0.507 e. The highest BCUT2D eigenvalue weighted by molar-refractivity contribution is 6.31. The Balaban J connectivity index is 3.26. The van der Waals surface area contributed by atoms with E-state index in [2.05, 4.69) is 0 Å². The molecule has 0 unspecified atom stereocenters. The fraction of sp³-hybridized carbons (Fsp3) is 0.400. The first-order chi connectivity index (χ1) is 6.07. The Morgan fingerprint density at radius 1 is 1.46 bits per heavy atom. The van der Waals surface area contributed by atoms with Crippen LogP contribution in [0.1, 0.15) is 16.7 Å². The first-order valence-electron chi connectivity index (χ1n) is 4.25. The average Bonchev–Trinajstić information content (AvgIpc) is 2.09. The topological polar surface area (TPSA) is 46.2 Å². The third-order valence-electron chi connectivity index (χ3n) is 2.21. The quantitative estimate of drug-likeness (QED) is 0.767. The van der Waals surface area contributed by atoms with Crippen molar-refractivity contribution in [2.45, 2.75) is 20.3 Å². The zero-order valence-electron chi connectivity index (χ0n) is 7.89. The van der Waals surface area contributed by atoms with Gasteiger partial charge < -0.3 is 10.8 Å². The van der Waals surface area contributed by atoms with Crippen molar-refractivity contribution >= 4 is 11.6 Å². The number of benzene rings is 1. The predicted molar refractivity (Wildman–Crippen MR) is 55.3 cm³/mol. The van der Waals surface area contributed by atoms with Crippen LogP contribution >= 0.6 is 11.6 Å². The van der Waals surface area contributed by atoms with Crippen LogP contribution in [0.3, 0.4) is 0 Å². The maximum absolute atomic E-state index is 9.64. The summed E-state index contributed by atoms with van der Waals surface area (Å²) >= 11 is 6.02. The molecule has 0 amide bonds. The Kier molecular flexibility index (Phi) is 3.17. The summed E-state index contributed by atoms with van der Waals surface area (Å²) in [6.07, 6.45) is 0.707. The van der Waals surface area contributed by atoms with Gasteiger partial charge in [0.1, 0.15) is 5.75 Å². The van der Waals surface area contributed by atoms with Crippen molar-refractivity contribution in [1.82, 2.24) is 0 Å². The highest BCUT2D eigenvalue weighted by Crippen LogP contribution is 2.30. The molecule has 1 rings (SSSR count). The summed E-state index contributed by atoms with van der Waals surface area (Å²) in [5.74, 6) is 0.327. The van der Waals surface area contributed by atoms with Gasteiger partial charge in [-0.25, -0.2) is 0 Å². The number of phenolic OH excluding ortho intramolecular Hbond substituents is 1. The summed E-state index contributed by atoms with van der Waals surface area (Å²) in [6.45, 7) is 4.24. The van der Waals surface area contributed by atoms with Crippen molar-refractivity contribution in [3.8, 4) is 5.75 Å². The molecule has 0 spiro atoms. The first kappa shape index (κ1) is 10.4. The average molecular weight is 200 g/mol. The Bertz CT molecular complexity index is 323. The Morgan fingerprint density at radius 2 is 2.08 bits per heavy atom. The van der Waals surface area contributed by atoms with Gasteiger partial charge in [0.25, 0.3) is 0 Å². The number of aromatic hydroxyl groups is 1. The number of phenols is 1. The first-order valence-corrected chi connectivity index (χ1v) is 4.63. The zero-order valence-corrected chi connectivity index (χ0v) is 8.65. The molecule has 0 radical (unpaired) electrons. The van der Waals surface area contributed by atoms with Crippen LogP contribution < -0.4 is 5.73 Å². The molecule has 0 aliphatic heterocycles. The highest BCUT2D eigenvalue weighted by atomic mass is 35.5. The molecule has 3 heteroatoms. The third-order valence-corrected chi connectivity index (χ3v) is 2.54. The van der Waals surface area contributed by atoms with Gasteiger partial charge in [-0.3, -0.25) is 0 Å². The molecule has 1 aromatic carbocycles. The maximum Gasteiger partial charge on any atom is 0.121 e. The van der Waals surface area contributed by atoms with Gasteiger partial charge in [0.2, 0.25) is 0 Å². The van der Waals surface area contributed by atoms with Gasteiger partial charge in [0.15, 0.2) is 0 Å². The van der Waals surface area contributed by atoms with E-state index in [9.17, 15) is 5.11 Å². The van der Waals surface area contributed by atoms with Crippen LogP contribution in [0.25, 0.3) is 0 Å². The lowest BCUT2D eigenvalue weighted by Crippen LogP contribution is -2.05. The molecular formula is C10H14ClNO. The van der Waals surface area contributed by atoms with Gasteiger partial charge in [0, 0.05) is 5.02 Å². The normalized spacial score (nSPS) is 10.5. The standard InChI is InChI=1S/C10H14ClNO/c1-6-5-9(11)8(3-4-12)7(2)10(6)13/h5,13H,3-4,12H2,1-2H3. The summed E-state index contributed by atoms with van der Waals surface area (Å²) in [4.78, 5) is 0. The molecule has 0 aliphatic rings. The lowest BCUT2D eigenvalue weighted by atomic mass is 10.0. The molecular weight excluding hydrogens is 186 g/mol. The lowest BCUT2D eigenvalue weighted by molar-refractivity contribution is 0.466. The van der Waals surface area contributed by atoms with Crippen molar-refractivity contribution < 1.29 is 5.11 Å². The molecule has 0 bridgehead atoms. The summed E-state index contributed by atoms with van der Waals surface area (Å²) in [6, 6.07) is 1.77. The molecule has 0 aromatic heterocycles. The number of nitrogens with two attached hydrogens (primary N) is 1. The van der Waals surface area contributed by atoms with Crippen molar-refractivity contribution in [3.63, 3.8) is 0 Å². The van der Waals surface area contributed by atoms with E-state index in [1.807, 2.05) is 13.8 Å². The van der Waals surface area contributed by atoms with E-state index in [-0.39, 0.29) is 0 Å². The van der Waals surface area contributed by atoms with Crippen LogP contribution in [-0.4, -0.2) is 11.7 Å². The zero-order chi connectivity index (χ0) is 10.0. The van der Waals surface area contributed by atoms with Gasteiger partial charge in [-0.15, -0.1) is 0 Å². The lowest BCUT2D eigenvalue weighted by Gasteiger charge is -2.11. The van der Waals surface area contributed by atoms with E-state index < -0.39 is 0 Å². The number of halogens is 1. The van der Waals surface area contributed by atoms with Crippen LogP contribution in [0.4, 0.5) is 0 Å². The second-order valence-electron chi connectivity index (χ2n) is 3.17. The fourth-order valence-corrected chi connectivity index (χ4v) is 1.81. The van der Waals surface area contributed by atoms with Crippen molar-refractivity contribution in [2.24, 2.45) is 5.73 Å². The Hall–Kier alpha value is -0.730. The van der Waals surface area contributed by atoms with Crippen LogP contribution in [-0.2, 0) is 6.42 Å². The number of hydrogen-bond donors (Lipinski definition) is 2. The summed E-state index contributed by atoms with van der Waals surface area (Å²) in [5, 5.41) is 10.3. The molecule has 72 valence electrons. The van der Waals surface area contributed by atoms with Gasteiger partial charge in [-0.05, 0) is 49.6 Å². The monoisotopic (exact) mass is 199 g/mol. The van der Waals surface area contributed by atoms with E-state index >= 15 is 0 Å². The van der Waals surface area contributed by atoms with E-state index in [0.717, 1.165) is 16.7 Å².